The number of nitrogens with one attached hydrogen (secondary N) is 1. The first-order valence-electron chi connectivity index (χ1n) is 7.13. The number of halogens is 2. The Kier molecular flexibility index (Phi) is 3.65. The van der Waals surface area contributed by atoms with Crippen LogP contribution in [0.25, 0.3) is 5.57 Å². The molecule has 1 aliphatic heterocycles. The van der Waals surface area contributed by atoms with Gasteiger partial charge in [0.05, 0.1) is 0 Å². The summed E-state index contributed by atoms with van der Waals surface area (Å²) in [5, 5.41) is 3.44. The van der Waals surface area contributed by atoms with Crippen LogP contribution in [0.2, 0.25) is 0 Å². The molecule has 19 heavy (non-hydrogen) atoms. The molecule has 3 heteroatoms. The summed E-state index contributed by atoms with van der Waals surface area (Å²) in [5.74, 6) is -0.0555. The van der Waals surface area contributed by atoms with Gasteiger partial charge >= 0.3 is 0 Å². The van der Waals surface area contributed by atoms with Gasteiger partial charge in [-0.15, -0.1) is 0 Å². The zero-order valence-corrected chi connectivity index (χ0v) is 11.0. The van der Waals surface area contributed by atoms with E-state index in [1.807, 2.05) is 0 Å². The Morgan fingerprint density at radius 2 is 1.84 bits per heavy atom. The van der Waals surface area contributed by atoms with E-state index in [1.165, 1.54) is 50.3 Å². The highest BCUT2D eigenvalue weighted by Crippen LogP contribution is 2.31. The van der Waals surface area contributed by atoms with Crippen molar-refractivity contribution in [3.63, 3.8) is 0 Å². The summed E-state index contributed by atoms with van der Waals surface area (Å²) in [6, 6.07) is 4.00. The van der Waals surface area contributed by atoms with E-state index in [1.54, 1.807) is 0 Å². The second-order valence-electron chi connectivity index (χ2n) is 5.62. The van der Waals surface area contributed by atoms with Crippen LogP contribution in [-0.2, 0) is 0 Å². The monoisotopic (exact) mass is 263 g/mol. The third-order valence-corrected chi connectivity index (χ3v) is 4.34. The highest BCUT2D eigenvalue weighted by molar-refractivity contribution is 5.70. The summed E-state index contributed by atoms with van der Waals surface area (Å²) in [6.45, 7) is 0.640. The van der Waals surface area contributed by atoms with Gasteiger partial charge in [-0.2, -0.15) is 0 Å². The van der Waals surface area contributed by atoms with Crippen molar-refractivity contribution in [1.29, 1.82) is 0 Å². The third kappa shape index (κ3) is 2.71. The van der Waals surface area contributed by atoms with Crippen LogP contribution in [0.4, 0.5) is 8.78 Å². The minimum atomic E-state index is -0.376. The topological polar surface area (TPSA) is 12.0 Å². The first-order chi connectivity index (χ1) is 9.24. The molecule has 0 saturated heterocycles. The van der Waals surface area contributed by atoms with E-state index in [2.05, 4.69) is 11.4 Å². The molecule has 2 aliphatic rings. The molecular weight excluding hydrogens is 244 g/mol. The normalized spacial score (nSPS) is 24.5. The van der Waals surface area contributed by atoms with Crippen molar-refractivity contribution < 1.29 is 8.78 Å². The largest absolute Gasteiger partial charge is 0.306 e. The van der Waals surface area contributed by atoms with Crippen molar-refractivity contribution in [3.05, 3.63) is 41.5 Å². The Balaban J connectivity index is 1.80. The number of hydrogen-bond acceptors (Lipinski definition) is 1. The van der Waals surface area contributed by atoms with Crippen molar-refractivity contribution in [2.45, 2.75) is 38.1 Å². The van der Waals surface area contributed by atoms with Crippen LogP contribution < -0.4 is 5.32 Å². The second-order valence-corrected chi connectivity index (χ2v) is 5.62. The van der Waals surface area contributed by atoms with Gasteiger partial charge in [-0.3, -0.25) is 0 Å². The maximum Gasteiger partial charge on any atom is 0.130 e. The smallest absolute Gasteiger partial charge is 0.130 e. The van der Waals surface area contributed by atoms with Crippen LogP contribution in [0, 0.1) is 17.6 Å². The minimum absolute atomic E-state index is 0.331. The van der Waals surface area contributed by atoms with Crippen LogP contribution in [0.5, 0.6) is 0 Å². The zero-order valence-electron chi connectivity index (χ0n) is 11.0. The molecule has 1 aromatic carbocycles. The Bertz CT molecular complexity index is 490. The molecule has 1 saturated carbocycles. The quantitative estimate of drug-likeness (QED) is 0.853. The van der Waals surface area contributed by atoms with E-state index in [0.29, 0.717) is 24.1 Å². The molecule has 0 spiro atoms. The van der Waals surface area contributed by atoms with Gasteiger partial charge in [-0.1, -0.05) is 25.3 Å². The average molecular weight is 263 g/mol. The number of hydrogen-bond donors (Lipinski definition) is 1. The lowest BCUT2D eigenvalue weighted by Gasteiger charge is -2.26. The zero-order chi connectivity index (χ0) is 13.2. The predicted molar refractivity (Wildman–Crippen MR) is 72.7 cm³/mol. The fourth-order valence-corrected chi connectivity index (χ4v) is 3.29. The molecule has 0 bridgehead atoms. The average Bonchev–Trinajstić information content (AvgIpc) is 2.92. The molecule has 1 aliphatic carbocycles. The van der Waals surface area contributed by atoms with Crippen molar-refractivity contribution in [2.24, 2.45) is 5.92 Å². The fraction of sp³-hybridized carbons (Fsp3) is 0.500. The molecule has 3 rings (SSSR count). The second kappa shape index (κ2) is 5.41. The van der Waals surface area contributed by atoms with E-state index >= 15 is 0 Å². The highest BCUT2D eigenvalue weighted by Gasteiger charge is 2.26. The molecule has 1 atom stereocenters. The molecule has 1 heterocycles. The Morgan fingerprint density at radius 3 is 2.63 bits per heavy atom. The van der Waals surface area contributed by atoms with Gasteiger partial charge in [0.1, 0.15) is 11.6 Å². The van der Waals surface area contributed by atoms with E-state index in [9.17, 15) is 8.78 Å². The minimum Gasteiger partial charge on any atom is -0.306 e. The Morgan fingerprint density at radius 1 is 1.05 bits per heavy atom. The van der Waals surface area contributed by atoms with Crippen LogP contribution in [0.15, 0.2) is 24.3 Å². The van der Waals surface area contributed by atoms with E-state index < -0.39 is 0 Å². The first kappa shape index (κ1) is 12.8. The lowest BCUT2D eigenvalue weighted by Crippen LogP contribution is -2.32. The lowest BCUT2D eigenvalue weighted by atomic mass is 9.84. The summed E-state index contributed by atoms with van der Waals surface area (Å²) in [5.41, 5.74) is 1.30. The van der Waals surface area contributed by atoms with Crippen LogP contribution >= 0.6 is 0 Å². The molecule has 1 nitrogen and oxygen atoms in total. The summed E-state index contributed by atoms with van der Waals surface area (Å²) in [7, 11) is 0. The maximum atomic E-state index is 13.8. The fourth-order valence-electron chi connectivity index (χ4n) is 3.29. The molecule has 1 aromatic rings. The molecule has 0 radical (unpaired) electrons. The Hall–Kier alpha value is -1.22. The third-order valence-electron chi connectivity index (χ3n) is 4.34. The van der Waals surface area contributed by atoms with Gasteiger partial charge in [0.25, 0.3) is 0 Å². The lowest BCUT2D eigenvalue weighted by molar-refractivity contribution is 0.312. The first-order valence-corrected chi connectivity index (χ1v) is 7.13. The standard InChI is InChI=1S/C16H19F2N/c17-13-6-7-15(18)14(9-13)12-8-16(19-10-12)11-4-2-1-3-5-11/h6-9,11,16,19H,1-5,10H2/t16-/m0/s1. The van der Waals surface area contributed by atoms with Crippen molar-refractivity contribution in [3.8, 4) is 0 Å². The van der Waals surface area contributed by atoms with Crippen molar-refractivity contribution in [2.75, 3.05) is 6.54 Å². The van der Waals surface area contributed by atoms with E-state index in [-0.39, 0.29) is 11.6 Å². The molecule has 102 valence electrons. The van der Waals surface area contributed by atoms with Crippen molar-refractivity contribution in [1.82, 2.24) is 5.32 Å². The molecular formula is C16H19F2N. The van der Waals surface area contributed by atoms with Crippen LogP contribution in [-0.4, -0.2) is 12.6 Å². The molecule has 1 fully saturated rings. The van der Waals surface area contributed by atoms with E-state index in [4.69, 9.17) is 0 Å². The van der Waals surface area contributed by atoms with Crippen molar-refractivity contribution >= 4 is 5.57 Å². The maximum absolute atomic E-state index is 13.8. The number of rotatable bonds is 2. The van der Waals surface area contributed by atoms with Gasteiger partial charge in [0.15, 0.2) is 0 Å². The summed E-state index contributed by atoms with van der Waals surface area (Å²) >= 11 is 0. The summed E-state index contributed by atoms with van der Waals surface area (Å²) < 4.78 is 27.0. The molecule has 0 unspecified atom stereocenters. The summed E-state index contributed by atoms with van der Waals surface area (Å²) in [4.78, 5) is 0. The predicted octanol–water partition coefficient (Wildman–Crippen LogP) is 3.90. The molecule has 1 N–H and O–H groups in total. The molecule has 0 aromatic heterocycles. The van der Waals surface area contributed by atoms with Crippen LogP contribution in [0.1, 0.15) is 37.7 Å². The van der Waals surface area contributed by atoms with Gasteiger partial charge < -0.3 is 5.32 Å². The summed E-state index contributed by atoms with van der Waals surface area (Å²) in [6.07, 6.45) is 8.51. The molecule has 0 amide bonds. The van der Waals surface area contributed by atoms with Gasteiger partial charge in [0, 0.05) is 18.2 Å². The van der Waals surface area contributed by atoms with E-state index in [0.717, 1.165) is 5.57 Å². The SMILES string of the molecule is Fc1ccc(F)c(C2=C[C@@H](C3CCCCC3)NC2)c1. The number of benzene rings is 1. The Labute approximate surface area is 112 Å². The van der Waals surface area contributed by atoms with Crippen LogP contribution in [0.3, 0.4) is 0 Å². The van der Waals surface area contributed by atoms with Gasteiger partial charge in [-0.05, 0) is 42.5 Å². The van der Waals surface area contributed by atoms with Gasteiger partial charge in [0.2, 0.25) is 0 Å². The van der Waals surface area contributed by atoms with Gasteiger partial charge in [-0.25, -0.2) is 8.78 Å². The highest BCUT2D eigenvalue weighted by atomic mass is 19.1.